The van der Waals surface area contributed by atoms with E-state index in [0.717, 1.165) is 31.4 Å². The van der Waals surface area contributed by atoms with Crippen molar-refractivity contribution in [2.24, 2.45) is 5.92 Å². The van der Waals surface area contributed by atoms with E-state index in [0.29, 0.717) is 37.8 Å². The van der Waals surface area contributed by atoms with Gasteiger partial charge in [-0.2, -0.15) is 13.2 Å². The van der Waals surface area contributed by atoms with Crippen molar-refractivity contribution in [2.45, 2.75) is 39.0 Å². The topological polar surface area (TPSA) is 59.3 Å². The molecule has 0 unspecified atom stereocenters. The molecule has 3 rings (SSSR count). The summed E-state index contributed by atoms with van der Waals surface area (Å²) in [6.07, 6.45) is -3.43. The number of tetrazole rings is 1. The van der Waals surface area contributed by atoms with E-state index in [4.69, 9.17) is 4.74 Å². The second kappa shape index (κ2) is 9.74. The third-order valence-electron chi connectivity index (χ3n) is 5.35. The first kappa shape index (κ1) is 22.5. The number of benzene rings is 1. The average molecular weight is 426 g/mol. The lowest BCUT2D eigenvalue weighted by Gasteiger charge is -2.40. The fourth-order valence-corrected chi connectivity index (χ4v) is 3.82. The molecule has 1 aliphatic heterocycles. The average Bonchev–Trinajstić information content (AvgIpc) is 3.18. The molecule has 1 aromatic carbocycles. The van der Waals surface area contributed by atoms with Gasteiger partial charge < -0.3 is 9.64 Å². The molecular formula is C20H29F3N6O. The Morgan fingerprint density at radius 2 is 1.87 bits per heavy atom. The lowest BCUT2D eigenvalue weighted by Crippen LogP contribution is -2.48. The molecule has 10 heteroatoms. The number of anilines is 1. The SMILES string of the molecule is COCCn1nnnc1[C@H](CC(C)C)N1CCN(c2cccc(C(F)(F)F)c2)CC1. The number of aromatic nitrogens is 4. The number of rotatable bonds is 8. The first-order valence-corrected chi connectivity index (χ1v) is 10.2. The molecule has 0 aliphatic carbocycles. The van der Waals surface area contributed by atoms with Crippen molar-refractivity contribution in [1.82, 2.24) is 25.1 Å². The first-order valence-electron chi connectivity index (χ1n) is 10.2. The highest BCUT2D eigenvalue weighted by molar-refractivity contribution is 5.49. The van der Waals surface area contributed by atoms with E-state index < -0.39 is 11.7 Å². The second-order valence-corrected chi connectivity index (χ2v) is 7.97. The molecule has 30 heavy (non-hydrogen) atoms. The highest BCUT2D eigenvalue weighted by atomic mass is 19.4. The molecule has 166 valence electrons. The Balaban J connectivity index is 1.72. The second-order valence-electron chi connectivity index (χ2n) is 7.97. The molecule has 2 aromatic rings. The van der Waals surface area contributed by atoms with Crippen LogP contribution in [0.4, 0.5) is 18.9 Å². The van der Waals surface area contributed by atoms with E-state index in [2.05, 4.69) is 34.3 Å². The van der Waals surface area contributed by atoms with Crippen LogP contribution in [0.5, 0.6) is 0 Å². The fourth-order valence-electron chi connectivity index (χ4n) is 3.82. The number of hydrogen-bond acceptors (Lipinski definition) is 6. The Morgan fingerprint density at radius 3 is 2.50 bits per heavy atom. The smallest absolute Gasteiger partial charge is 0.383 e. The molecule has 1 saturated heterocycles. The minimum atomic E-state index is -4.33. The van der Waals surface area contributed by atoms with Crippen LogP contribution in [0.2, 0.25) is 0 Å². The molecule has 1 fully saturated rings. The Morgan fingerprint density at radius 1 is 1.13 bits per heavy atom. The first-order chi connectivity index (χ1) is 14.3. The van der Waals surface area contributed by atoms with Crippen LogP contribution in [0.3, 0.4) is 0 Å². The summed E-state index contributed by atoms with van der Waals surface area (Å²) < 4.78 is 46.1. The van der Waals surface area contributed by atoms with E-state index in [9.17, 15) is 13.2 Å². The van der Waals surface area contributed by atoms with Gasteiger partial charge in [0.05, 0.1) is 24.8 Å². The Hall–Kier alpha value is -2.20. The summed E-state index contributed by atoms with van der Waals surface area (Å²) in [5.41, 5.74) is -0.00718. The summed E-state index contributed by atoms with van der Waals surface area (Å²) in [5, 5.41) is 12.2. The van der Waals surface area contributed by atoms with Crippen molar-refractivity contribution in [2.75, 3.05) is 44.8 Å². The summed E-state index contributed by atoms with van der Waals surface area (Å²) in [5.74, 6) is 1.26. The van der Waals surface area contributed by atoms with Crippen molar-refractivity contribution in [3.63, 3.8) is 0 Å². The van der Waals surface area contributed by atoms with E-state index in [1.54, 1.807) is 17.9 Å². The fraction of sp³-hybridized carbons (Fsp3) is 0.650. The van der Waals surface area contributed by atoms with Crippen LogP contribution in [-0.4, -0.2) is 65.0 Å². The van der Waals surface area contributed by atoms with Gasteiger partial charge in [-0.25, -0.2) is 4.68 Å². The van der Waals surface area contributed by atoms with Crippen LogP contribution in [0.1, 0.15) is 37.7 Å². The van der Waals surface area contributed by atoms with E-state index >= 15 is 0 Å². The highest BCUT2D eigenvalue weighted by Gasteiger charge is 2.32. The Kier molecular flexibility index (Phi) is 7.30. The molecule has 0 radical (unpaired) electrons. The van der Waals surface area contributed by atoms with Gasteiger partial charge >= 0.3 is 6.18 Å². The van der Waals surface area contributed by atoms with Crippen molar-refractivity contribution in [3.05, 3.63) is 35.7 Å². The van der Waals surface area contributed by atoms with Gasteiger partial charge in [0, 0.05) is 39.0 Å². The maximum atomic E-state index is 13.1. The molecule has 0 saturated carbocycles. The normalized spacial score (nSPS) is 17.0. The van der Waals surface area contributed by atoms with E-state index in [1.165, 1.54) is 12.1 Å². The van der Waals surface area contributed by atoms with Crippen LogP contribution >= 0.6 is 0 Å². The summed E-state index contributed by atoms with van der Waals surface area (Å²) >= 11 is 0. The number of piperazine rings is 1. The minimum absolute atomic E-state index is 0.0560. The number of hydrogen-bond donors (Lipinski definition) is 0. The summed E-state index contributed by atoms with van der Waals surface area (Å²) in [6.45, 7) is 8.18. The van der Waals surface area contributed by atoms with Crippen molar-refractivity contribution in [1.29, 1.82) is 0 Å². The molecule has 7 nitrogen and oxygen atoms in total. The van der Waals surface area contributed by atoms with Crippen LogP contribution in [-0.2, 0) is 17.5 Å². The van der Waals surface area contributed by atoms with E-state index in [1.807, 2.05) is 4.90 Å². The largest absolute Gasteiger partial charge is 0.416 e. The van der Waals surface area contributed by atoms with Crippen molar-refractivity contribution in [3.8, 4) is 0 Å². The molecule has 1 aromatic heterocycles. The number of ether oxygens (including phenoxy) is 1. The quantitative estimate of drug-likeness (QED) is 0.646. The van der Waals surface area contributed by atoms with E-state index in [-0.39, 0.29) is 6.04 Å². The number of nitrogens with zero attached hydrogens (tertiary/aromatic N) is 6. The van der Waals surface area contributed by atoms with Crippen molar-refractivity contribution >= 4 is 5.69 Å². The molecule has 1 aliphatic rings. The third kappa shape index (κ3) is 5.48. The zero-order valence-electron chi connectivity index (χ0n) is 17.6. The standard InChI is InChI=1S/C20H29F3N6O/c1-15(2)13-18(19-24-25-26-29(19)11-12-30-3)28-9-7-27(8-10-28)17-6-4-5-16(14-17)20(21,22)23/h4-6,14-15,18H,7-13H2,1-3H3/t18-/m0/s1. The third-order valence-corrected chi connectivity index (χ3v) is 5.35. The number of halogens is 3. The zero-order valence-corrected chi connectivity index (χ0v) is 17.6. The Labute approximate surface area is 174 Å². The van der Waals surface area contributed by atoms with Crippen LogP contribution in [0.15, 0.2) is 24.3 Å². The highest BCUT2D eigenvalue weighted by Crippen LogP contribution is 2.33. The van der Waals surface area contributed by atoms with Gasteiger partial charge in [0.2, 0.25) is 0 Å². The number of methoxy groups -OCH3 is 1. The predicted molar refractivity (Wildman–Crippen MR) is 107 cm³/mol. The molecular weight excluding hydrogens is 397 g/mol. The number of alkyl halides is 3. The summed E-state index contributed by atoms with van der Waals surface area (Å²) in [6, 6.07) is 5.60. The lowest BCUT2D eigenvalue weighted by atomic mass is 10.0. The van der Waals surface area contributed by atoms with Gasteiger partial charge in [0.15, 0.2) is 5.82 Å². The van der Waals surface area contributed by atoms with Crippen LogP contribution in [0, 0.1) is 5.92 Å². The molecule has 0 N–H and O–H groups in total. The molecule has 0 bridgehead atoms. The molecule has 0 amide bonds. The monoisotopic (exact) mass is 426 g/mol. The van der Waals surface area contributed by atoms with Crippen LogP contribution in [0.25, 0.3) is 0 Å². The predicted octanol–water partition coefficient (Wildman–Crippen LogP) is 3.25. The molecule has 0 spiro atoms. The zero-order chi connectivity index (χ0) is 21.7. The van der Waals surface area contributed by atoms with Gasteiger partial charge in [-0.15, -0.1) is 5.10 Å². The van der Waals surface area contributed by atoms with Crippen LogP contribution < -0.4 is 4.90 Å². The lowest BCUT2D eigenvalue weighted by molar-refractivity contribution is -0.137. The van der Waals surface area contributed by atoms with Gasteiger partial charge in [-0.05, 0) is 41.0 Å². The van der Waals surface area contributed by atoms with Gasteiger partial charge in [0.25, 0.3) is 0 Å². The Bertz CT molecular complexity index is 802. The van der Waals surface area contributed by atoms with Gasteiger partial charge in [-0.3, -0.25) is 4.90 Å². The summed E-state index contributed by atoms with van der Waals surface area (Å²) in [7, 11) is 1.64. The maximum absolute atomic E-state index is 13.1. The maximum Gasteiger partial charge on any atom is 0.416 e. The van der Waals surface area contributed by atoms with Crippen molar-refractivity contribution < 1.29 is 17.9 Å². The molecule has 1 atom stereocenters. The van der Waals surface area contributed by atoms with Gasteiger partial charge in [-0.1, -0.05) is 19.9 Å². The van der Waals surface area contributed by atoms with Gasteiger partial charge in [0.1, 0.15) is 0 Å². The summed E-state index contributed by atoms with van der Waals surface area (Å²) in [4.78, 5) is 4.34. The molecule has 2 heterocycles. The minimum Gasteiger partial charge on any atom is -0.383 e.